The molecule has 1 atom stereocenters. The number of aryl methyl sites for hydroxylation is 2. The van der Waals surface area contributed by atoms with E-state index in [1.165, 1.54) is 11.1 Å². The van der Waals surface area contributed by atoms with Crippen LogP contribution in [0, 0.1) is 19.8 Å². The van der Waals surface area contributed by atoms with E-state index >= 15 is 0 Å². The lowest BCUT2D eigenvalue weighted by Crippen LogP contribution is -2.41. The van der Waals surface area contributed by atoms with Crippen molar-refractivity contribution in [1.82, 2.24) is 15.3 Å². The second-order valence-corrected chi connectivity index (χ2v) is 8.51. The summed E-state index contributed by atoms with van der Waals surface area (Å²) in [6.07, 6.45) is 3.48. The van der Waals surface area contributed by atoms with E-state index in [0.29, 0.717) is 0 Å². The number of carbonyl (C=O) groups is 1. The highest BCUT2D eigenvalue weighted by molar-refractivity contribution is 5.79. The molecule has 31 heavy (non-hydrogen) atoms. The van der Waals surface area contributed by atoms with Crippen molar-refractivity contribution < 1.29 is 4.79 Å². The number of nitrogens with zero attached hydrogens (tertiary/aromatic N) is 3. The number of benzene rings is 2. The van der Waals surface area contributed by atoms with Gasteiger partial charge in [-0.1, -0.05) is 53.6 Å². The normalized spacial score (nSPS) is 15.5. The smallest absolute Gasteiger partial charge is 0.223 e. The number of amides is 1. The number of rotatable bonds is 5. The summed E-state index contributed by atoms with van der Waals surface area (Å²) in [6, 6.07) is 18.6. The Hall–Kier alpha value is -3.21. The van der Waals surface area contributed by atoms with Gasteiger partial charge in [0.15, 0.2) is 5.82 Å². The molecule has 1 fully saturated rings. The van der Waals surface area contributed by atoms with E-state index < -0.39 is 0 Å². The van der Waals surface area contributed by atoms with Gasteiger partial charge in [0.1, 0.15) is 5.82 Å². The summed E-state index contributed by atoms with van der Waals surface area (Å²) in [6.45, 7) is 7.83. The maximum absolute atomic E-state index is 12.8. The summed E-state index contributed by atoms with van der Waals surface area (Å²) in [4.78, 5) is 24.3. The molecule has 3 aromatic rings. The van der Waals surface area contributed by atoms with Crippen molar-refractivity contribution in [3.8, 4) is 11.4 Å². The molecular formula is C26H30N4O. The van der Waals surface area contributed by atoms with Crippen LogP contribution in [0.15, 0.2) is 60.8 Å². The van der Waals surface area contributed by atoms with Gasteiger partial charge in [0.05, 0.1) is 6.04 Å². The fraction of sp³-hybridized carbons (Fsp3) is 0.346. The van der Waals surface area contributed by atoms with E-state index in [1.807, 2.05) is 31.3 Å². The molecule has 1 saturated heterocycles. The highest BCUT2D eigenvalue weighted by Crippen LogP contribution is 2.25. The predicted octanol–water partition coefficient (Wildman–Crippen LogP) is 4.85. The third-order valence-corrected chi connectivity index (χ3v) is 6.04. The number of piperidine rings is 1. The SMILES string of the molecule is Cc1ccc(C(C)NC(=O)C2CCN(c3ccnc(-c4cccc(C)c4)n3)CC2)cc1. The Morgan fingerprint density at radius 1 is 1.03 bits per heavy atom. The van der Waals surface area contributed by atoms with Gasteiger partial charge in [0.25, 0.3) is 0 Å². The molecule has 1 aliphatic rings. The molecule has 1 unspecified atom stereocenters. The molecule has 0 saturated carbocycles. The zero-order valence-electron chi connectivity index (χ0n) is 18.5. The monoisotopic (exact) mass is 414 g/mol. The summed E-state index contributed by atoms with van der Waals surface area (Å²) >= 11 is 0. The second kappa shape index (κ2) is 9.29. The molecule has 0 bridgehead atoms. The van der Waals surface area contributed by atoms with E-state index in [2.05, 4.69) is 65.4 Å². The molecule has 0 aliphatic carbocycles. The van der Waals surface area contributed by atoms with Crippen molar-refractivity contribution >= 4 is 11.7 Å². The average molecular weight is 415 g/mol. The molecule has 1 amide bonds. The minimum Gasteiger partial charge on any atom is -0.356 e. The highest BCUT2D eigenvalue weighted by Gasteiger charge is 2.26. The van der Waals surface area contributed by atoms with Gasteiger partial charge in [0, 0.05) is 30.8 Å². The van der Waals surface area contributed by atoms with Crippen LogP contribution in [0.5, 0.6) is 0 Å². The van der Waals surface area contributed by atoms with Gasteiger partial charge < -0.3 is 10.2 Å². The largest absolute Gasteiger partial charge is 0.356 e. The van der Waals surface area contributed by atoms with Crippen molar-refractivity contribution in [1.29, 1.82) is 0 Å². The van der Waals surface area contributed by atoms with Gasteiger partial charge in [-0.2, -0.15) is 0 Å². The number of hydrogen-bond acceptors (Lipinski definition) is 4. The van der Waals surface area contributed by atoms with Crippen LogP contribution in [-0.2, 0) is 4.79 Å². The first-order valence-corrected chi connectivity index (χ1v) is 11.0. The molecule has 5 heteroatoms. The van der Waals surface area contributed by atoms with Crippen LogP contribution < -0.4 is 10.2 Å². The molecule has 1 aliphatic heterocycles. The van der Waals surface area contributed by atoms with Gasteiger partial charge in [0.2, 0.25) is 5.91 Å². The fourth-order valence-electron chi connectivity index (χ4n) is 4.09. The molecular weight excluding hydrogens is 384 g/mol. The van der Waals surface area contributed by atoms with Crippen LogP contribution in [0.3, 0.4) is 0 Å². The number of hydrogen-bond donors (Lipinski definition) is 1. The number of aromatic nitrogens is 2. The summed E-state index contributed by atoms with van der Waals surface area (Å²) in [5.74, 6) is 1.87. The second-order valence-electron chi connectivity index (χ2n) is 8.51. The van der Waals surface area contributed by atoms with E-state index in [-0.39, 0.29) is 17.9 Å². The van der Waals surface area contributed by atoms with Crippen molar-refractivity contribution in [3.63, 3.8) is 0 Å². The Kier molecular flexibility index (Phi) is 6.31. The predicted molar refractivity (Wildman–Crippen MR) is 125 cm³/mol. The minimum absolute atomic E-state index is 0.0184. The molecule has 5 nitrogen and oxygen atoms in total. The summed E-state index contributed by atoms with van der Waals surface area (Å²) < 4.78 is 0. The van der Waals surface area contributed by atoms with Gasteiger partial charge in [-0.3, -0.25) is 4.79 Å². The Labute approximate surface area is 184 Å². The first kappa shape index (κ1) is 21.0. The van der Waals surface area contributed by atoms with Crippen LogP contribution in [0.25, 0.3) is 11.4 Å². The summed E-state index contributed by atoms with van der Waals surface area (Å²) in [7, 11) is 0. The summed E-state index contributed by atoms with van der Waals surface area (Å²) in [5.41, 5.74) is 4.59. The van der Waals surface area contributed by atoms with E-state index in [1.54, 1.807) is 0 Å². The van der Waals surface area contributed by atoms with Crippen molar-refractivity contribution in [2.24, 2.45) is 5.92 Å². The number of anilines is 1. The fourth-order valence-corrected chi connectivity index (χ4v) is 4.09. The Morgan fingerprint density at radius 3 is 2.48 bits per heavy atom. The van der Waals surface area contributed by atoms with Crippen LogP contribution in [0.1, 0.15) is 42.5 Å². The molecule has 2 aromatic carbocycles. The highest BCUT2D eigenvalue weighted by atomic mass is 16.1. The van der Waals surface area contributed by atoms with E-state index in [0.717, 1.165) is 48.7 Å². The summed E-state index contributed by atoms with van der Waals surface area (Å²) in [5, 5.41) is 3.19. The Bertz CT molecular complexity index is 1040. The topological polar surface area (TPSA) is 58.1 Å². The molecule has 2 heterocycles. The third-order valence-electron chi connectivity index (χ3n) is 6.04. The molecule has 160 valence electrons. The third kappa shape index (κ3) is 5.10. The Morgan fingerprint density at radius 2 is 1.77 bits per heavy atom. The zero-order valence-corrected chi connectivity index (χ0v) is 18.5. The maximum Gasteiger partial charge on any atom is 0.223 e. The van der Waals surface area contributed by atoms with Crippen molar-refractivity contribution in [2.45, 2.75) is 39.7 Å². The first-order valence-electron chi connectivity index (χ1n) is 11.0. The molecule has 0 spiro atoms. The van der Waals surface area contributed by atoms with Crippen LogP contribution in [0.4, 0.5) is 5.82 Å². The van der Waals surface area contributed by atoms with Gasteiger partial charge >= 0.3 is 0 Å². The molecule has 4 rings (SSSR count). The maximum atomic E-state index is 12.8. The number of nitrogens with one attached hydrogen (secondary N) is 1. The van der Waals surface area contributed by atoms with E-state index in [9.17, 15) is 4.79 Å². The van der Waals surface area contributed by atoms with Crippen LogP contribution in [-0.4, -0.2) is 29.0 Å². The van der Waals surface area contributed by atoms with E-state index in [4.69, 9.17) is 4.98 Å². The Balaban J connectivity index is 1.36. The number of carbonyl (C=O) groups excluding carboxylic acids is 1. The molecule has 0 radical (unpaired) electrons. The van der Waals surface area contributed by atoms with Crippen molar-refractivity contribution in [2.75, 3.05) is 18.0 Å². The lowest BCUT2D eigenvalue weighted by Gasteiger charge is -2.32. The van der Waals surface area contributed by atoms with Crippen molar-refractivity contribution in [3.05, 3.63) is 77.5 Å². The molecule has 1 N–H and O–H groups in total. The zero-order chi connectivity index (χ0) is 21.8. The van der Waals surface area contributed by atoms with Gasteiger partial charge in [-0.25, -0.2) is 9.97 Å². The van der Waals surface area contributed by atoms with Crippen LogP contribution >= 0.6 is 0 Å². The lowest BCUT2D eigenvalue weighted by atomic mass is 9.95. The molecule has 1 aromatic heterocycles. The quantitative estimate of drug-likeness (QED) is 0.648. The van der Waals surface area contributed by atoms with Crippen LogP contribution in [0.2, 0.25) is 0 Å². The first-order chi connectivity index (χ1) is 15.0. The van der Waals surface area contributed by atoms with Gasteiger partial charge in [-0.15, -0.1) is 0 Å². The standard InChI is InChI=1S/C26H30N4O/c1-18-7-9-21(10-8-18)20(3)28-26(31)22-12-15-30(16-13-22)24-11-14-27-25(29-24)23-6-4-5-19(2)17-23/h4-11,14,17,20,22H,12-13,15-16H2,1-3H3,(H,28,31). The van der Waals surface area contributed by atoms with Gasteiger partial charge in [-0.05, 0) is 51.3 Å². The minimum atomic E-state index is 0.0184. The average Bonchev–Trinajstić information content (AvgIpc) is 2.79. The lowest BCUT2D eigenvalue weighted by molar-refractivity contribution is -0.126.